The molecule has 23 heavy (non-hydrogen) atoms. The molecule has 0 spiro atoms. The number of halogens is 1. The summed E-state index contributed by atoms with van der Waals surface area (Å²) in [7, 11) is 2.45. The van der Waals surface area contributed by atoms with Crippen molar-refractivity contribution in [2.24, 2.45) is 0 Å². The highest BCUT2D eigenvalue weighted by atomic mass is 79.9. The fourth-order valence-electron chi connectivity index (χ4n) is 1.96. The van der Waals surface area contributed by atoms with Crippen molar-refractivity contribution in [3.8, 4) is 0 Å². The van der Waals surface area contributed by atoms with Crippen molar-refractivity contribution in [1.29, 1.82) is 0 Å². The van der Waals surface area contributed by atoms with Crippen molar-refractivity contribution < 1.29 is 28.5 Å². The van der Waals surface area contributed by atoms with E-state index in [9.17, 15) is 9.59 Å². The number of anilines is 1. The Labute approximate surface area is 141 Å². The van der Waals surface area contributed by atoms with Crippen LogP contribution in [0.25, 0.3) is 0 Å². The largest absolute Gasteiger partial charge is 0.466 e. The van der Waals surface area contributed by atoms with Crippen LogP contribution in [0.4, 0.5) is 5.69 Å². The van der Waals surface area contributed by atoms with Crippen LogP contribution in [0.5, 0.6) is 0 Å². The Morgan fingerprint density at radius 1 is 1.22 bits per heavy atom. The number of rotatable bonds is 5. The van der Waals surface area contributed by atoms with Crippen LogP contribution in [-0.4, -0.2) is 39.4 Å². The summed E-state index contributed by atoms with van der Waals surface area (Å²) in [5, 5.41) is 2.84. The molecule has 2 rings (SSSR count). The average Bonchev–Trinajstić information content (AvgIpc) is 3.07. The van der Waals surface area contributed by atoms with Crippen molar-refractivity contribution in [3.05, 3.63) is 40.0 Å². The van der Waals surface area contributed by atoms with E-state index in [1.165, 1.54) is 14.2 Å². The molecule has 0 unspecified atom stereocenters. The first-order chi connectivity index (χ1) is 11.0. The minimum Gasteiger partial charge on any atom is -0.466 e. The van der Waals surface area contributed by atoms with Crippen LogP contribution in [0.15, 0.2) is 34.4 Å². The maximum atomic E-state index is 11.8. The minimum atomic E-state index is -0.690. The molecule has 0 bridgehead atoms. The molecule has 0 amide bonds. The molecule has 7 nitrogen and oxygen atoms in total. The number of hydrogen-bond acceptors (Lipinski definition) is 7. The minimum absolute atomic E-state index is 0.0448. The van der Waals surface area contributed by atoms with E-state index in [-0.39, 0.29) is 5.70 Å². The third-order valence-corrected chi connectivity index (χ3v) is 3.42. The zero-order chi connectivity index (χ0) is 16.8. The predicted octanol–water partition coefficient (Wildman–Crippen LogP) is 2.14. The lowest BCUT2D eigenvalue weighted by Gasteiger charge is -2.14. The van der Waals surface area contributed by atoms with E-state index in [4.69, 9.17) is 9.47 Å². The number of esters is 2. The van der Waals surface area contributed by atoms with Crippen molar-refractivity contribution in [2.45, 2.75) is 6.29 Å². The molecule has 1 aromatic carbocycles. The SMILES string of the molecule is COC(=O)/C=C(/Nc1cc(Br)cc(C2OCCO2)c1)C(=O)OC. The molecule has 1 fully saturated rings. The zero-order valence-corrected chi connectivity index (χ0v) is 14.2. The normalized spacial score (nSPS) is 15.3. The molecule has 0 aliphatic carbocycles. The van der Waals surface area contributed by atoms with Gasteiger partial charge in [0.1, 0.15) is 5.70 Å². The first-order valence-corrected chi connectivity index (χ1v) is 7.51. The number of ether oxygens (including phenoxy) is 4. The summed E-state index contributed by atoms with van der Waals surface area (Å²) in [6.07, 6.45) is 0.564. The molecular weight excluding hydrogens is 370 g/mol. The Balaban J connectivity index is 2.27. The standard InChI is InChI=1S/C15H16BrNO6/c1-20-13(18)8-12(14(19)21-2)17-11-6-9(5-10(16)7-11)15-22-3-4-23-15/h5-8,15,17H,3-4H2,1-2H3/b12-8+. The number of carbonyl (C=O) groups is 2. The van der Waals surface area contributed by atoms with Crippen molar-refractivity contribution in [1.82, 2.24) is 0 Å². The quantitative estimate of drug-likeness (QED) is 0.613. The van der Waals surface area contributed by atoms with Crippen LogP contribution < -0.4 is 5.32 Å². The topological polar surface area (TPSA) is 83.1 Å². The molecule has 0 atom stereocenters. The van der Waals surface area contributed by atoms with Crippen LogP contribution in [0, 0.1) is 0 Å². The molecule has 1 saturated heterocycles. The molecule has 1 N–H and O–H groups in total. The van der Waals surface area contributed by atoms with Gasteiger partial charge in [0.15, 0.2) is 6.29 Å². The number of hydrogen-bond donors (Lipinski definition) is 1. The van der Waals surface area contributed by atoms with Crippen molar-refractivity contribution in [2.75, 3.05) is 32.8 Å². The second-order valence-electron chi connectivity index (χ2n) is 4.54. The molecule has 8 heteroatoms. The van der Waals surface area contributed by atoms with Gasteiger partial charge in [-0.2, -0.15) is 0 Å². The van der Waals surface area contributed by atoms with Crippen LogP contribution in [-0.2, 0) is 28.5 Å². The van der Waals surface area contributed by atoms with Crippen LogP contribution in [0.2, 0.25) is 0 Å². The van der Waals surface area contributed by atoms with Gasteiger partial charge in [0.2, 0.25) is 0 Å². The van der Waals surface area contributed by atoms with E-state index >= 15 is 0 Å². The smallest absolute Gasteiger partial charge is 0.354 e. The third-order valence-electron chi connectivity index (χ3n) is 2.96. The fraction of sp³-hybridized carbons (Fsp3) is 0.333. The molecule has 1 aliphatic heterocycles. The molecule has 0 radical (unpaired) electrons. The Hall–Kier alpha value is -1.90. The van der Waals surface area contributed by atoms with Gasteiger partial charge in [-0.15, -0.1) is 0 Å². The van der Waals surface area contributed by atoms with Gasteiger partial charge in [-0.3, -0.25) is 0 Å². The van der Waals surface area contributed by atoms with Gasteiger partial charge in [-0.05, 0) is 18.2 Å². The predicted molar refractivity (Wildman–Crippen MR) is 84.5 cm³/mol. The average molecular weight is 386 g/mol. The maximum Gasteiger partial charge on any atom is 0.354 e. The summed E-state index contributed by atoms with van der Waals surface area (Å²) < 4.78 is 20.9. The molecule has 1 aliphatic rings. The van der Waals surface area contributed by atoms with Gasteiger partial charge >= 0.3 is 11.9 Å². The van der Waals surface area contributed by atoms with Gasteiger partial charge in [0.25, 0.3) is 0 Å². The second-order valence-corrected chi connectivity index (χ2v) is 5.46. The van der Waals surface area contributed by atoms with Crippen molar-refractivity contribution in [3.63, 3.8) is 0 Å². The van der Waals surface area contributed by atoms with E-state index < -0.39 is 18.2 Å². The number of methoxy groups -OCH3 is 2. The number of carbonyl (C=O) groups excluding carboxylic acids is 2. The Bertz CT molecular complexity index is 624. The van der Waals surface area contributed by atoms with Gasteiger partial charge in [-0.1, -0.05) is 15.9 Å². The first-order valence-electron chi connectivity index (χ1n) is 6.72. The Kier molecular flexibility index (Phi) is 6.14. The van der Waals surface area contributed by atoms with Crippen LogP contribution in [0.1, 0.15) is 11.9 Å². The van der Waals surface area contributed by atoms with Crippen LogP contribution >= 0.6 is 15.9 Å². The lowest BCUT2D eigenvalue weighted by atomic mass is 10.2. The Morgan fingerprint density at radius 3 is 2.52 bits per heavy atom. The zero-order valence-electron chi connectivity index (χ0n) is 12.6. The van der Waals surface area contributed by atoms with Gasteiger partial charge < -0.3 is 24.3 Å². The lowest BCUT2D eigenvalue weighted by molar-refractivity contribution is -0.138. The number of nitrogens with one attached hydrogen (secondary N) is 1. The highest BCUT2D eigenvalue weighted by Gasteiger charge is 2.20. The molecule has 124 valence electrons. The monoisotopic (exact) mass is 385 g/mol. The van der Waals surface area contributed by atoms with Gasteiger partial charge in [-0.25, -0.2) is 9.59 Å². The van der Waals surface area contributed by atoms with E-state index in [2.05, 4.69) is 30.7 Å². The molecule has 1 aromatic rings. The summed E-state index contributed by atoms with van der Waals surface area (Å²) in [5.41, 5.74) is 1.30. The highest BCUT2D eigenvalue weighted by Crippen LogP contribution is 2.29. The van der Waals surface area contributed by atoms with Gasteiger partial charge in [0.05, 0.1) is 33.5 Å². The summed E-state index contributed by atoms with van der Waals surface area (Å²) in [6, 6.07) is 5.35. The number of benzene rings is 1. The summed E-state index contributed by atoms with van der Waals surface area (Å²) in [4.78, 5) is 23.2. The maximum absolute atomic E-state index is 11.8. The van der Waals surface area contributed by atoms with E-state index in [0.29, 0.717) is 18.9 Å². The summed E-state index contributed by atoms with van der Waals surface area (Å²) in [5.74, 6) is -1.36. The lowest BCUT2D eigenvalue weighted by Crippen LogP contribution is -2.15. The third kappa shape index (κ3) is 4.78. The van der Waals surface area contributed by atoms with Gasteiger partial charge in [0, 0.05) is 15.7 Å². The molecule has 0 aromatic heterocycles. The second kappa shape index (κ2) is 8.09. The van der Waals surface area contributed by atoms with E-state index in [0.717, 1.165) is 16.1 Å². The highest BCUT2D eigenvalue weighted by molar-refractivity contribution is 9.10. The fourth-order valence-corrected chi connectivity index (χ4v) is 2.47. The summed E-state index contributed by atoms with van der Waals surface area (Å²) >= 11 is 3.39. The molecule has 0 saturated carbocycles. The molecular formula is C15H16BrNO6. The van der Waals surface area contributed by atoms with E-state index in [1.807, 2.05) is 6.07 Å². The Morgan fingerprint density at radius 2 is 1.91 bits per heavy atom. The van der Waals surface area contributed by atoms with Crippen LogP contribution in [0.3, 0.4) is 0 Å². The summed E-state index contributed by atoms with van der Waals surface area (Å²) in [6.45, 7) is 1.05. The molecule has 1 heterocycles. The van der Waals surface area contributed by atoms with E-state index in [1.54, 1.807) is 12.1 Å². The van der Waals surface area contributed by atoms with Crippen molar-refractivity contribution >= 4 is 33.6 Å². The first kappa shape index (κ1) is 17.5.